The molecule has 1 aromatic rings. The van der Waals surface area contributed by atoms with Crippen LogP contribution in [-0.2, 0) is 16.0 Å². The van der Waals surface area contributed by atoms with Crippen LogP contribution in [0.1, 0.15) is 23.7 Å². The van der Waals surface area contributed by atoms with Gasteiger partial charge in [-0.05, 0) is 17.5 Å². The SMILES string of the molecule is COC1c2ccccc2CC1NC(=O)C1CC(Cl)=C(Cl)S1. The molecule has 0 aromatic heterocycles. The number of nitrogens with one attached hydrogen (secondary N) is 1. The molecule has 2 aliphatic rings. The molecule has 0 bridgehead atoms. The fourth-order valence-electron chi connectivity index (χ4n) is 2.87. The summed E-state index contributed by atoms with van der Waals surface area (Å²) in [7, 11) is 1.67. The van der Waals surface area contributed by atoms with Gasteiger partial charge in [-0.1, -0.05) is 59.2 Å². The largest absolute Gasteiger partial charge is 0.375 e. The minimum Gasteiger partial charge on any atom is -0.375 e. The lowest BCUT2D eigenvalue weighted by atomic mass is 10.1. The first-order valence-corrected chi connectivity index (χ1v) is 8.35. The lowest BCUT2D eigenvalue weighted by Crippen LogP contribution is -2.42. The van der Waals surface area contributed by atoms with Gasteiger partial charge in [-0.15, -0.1) is 0 Å². The highest BCUT2D eigenvalue weighted by molar-refractivity contribution is 8.06. The van der Waals surface area contributed by atoms with E-state index in [1.807, 2.05) is 12.1 Å². The Hall–Kier alpha value is -0.680. The van der Waals surface area contributed by atoms with E-state index in [0.717, 1.165) is 12.0 Å². The number of ether oxygens (including phenoxy) is 1. The molecule has 3 nitrogen and oxygen atoms in total. The Morgan fingerprint density at radius 3 is 2.76 bits per heavy atom. The standard InChI is InChI=1S/C15H15Cl2NO2S/c1-20-13-9-5-3-2-4-8(9)6-11(13)18-15(19)12-7-10(16)14(17)21-12/h2-5,11-13H,6-7H2,1H3,(H,18,19). The molecule has 1 aromatic carbocycles. The van der Waals surface area contributed by atoms with Crippen molar-refractivity contribution in [3.8, 4) is 0 Å². The fourth-order valence-corrected chi connectivity index (χ4v) is 4.54. The quantitative estimate of drug-likeness (QED) is 0.911. The van der Waals surface area contributed by atoms with Crippen LogP contribution < -0.4 is 5.32 Å². The Kier molecular flexibility index (Phi) is 4.50. The number of methoxy groups -OCH3 is 1. The molecule has 3 unspecified atom stereocenters. The Balaban J connectivity index is 1.68. The Morgan fingerprint density at radius 2 is 2.10 bits per heavy atom. The van der Waals surface area contributed by atoms with Crippen LogP contribution in [0.15, 0.2) is 33.7 Å². The minimum absolute atomic E-state index is 0.0337. The maximum atomic E-state index is 12.4. The van der Waals surface area contributed by atoms with Crippen molar-refractivity contribution >= 4 is 40.9 Å². The van der Waals surface area contributed by atoms with Crippen LogP contribution in [0.25, 0.3) is 0 Å². The molecule has 1 N–H and O–H groups in total. The van der Waals surface area contributed by atoms with Crippen LogP contribution in [0.4, 0.5) is 0 Å². The van der Waals surface area contributed by atoms with Gasteiger partial charge in [0.2, 0.25) is 5.91 Å². The van der Waals surface area contributed by atoms with Gasteiger partial charge in [0.25, 0.3) is 0 Å². The summed E-state index contributed by atoms with van der Waals surface area (Å²) >= 11 is 13.2. The third-order valence-electron chi connectivity index (χ3n) is 3.86. The number of carbonyl (C=O) groups excluding carboxylic acids is 1. The molecule has 6 heteroatoms. The van der Waals surface area contributed by atoms with Gasteiger partial charge >= 0.3 is 0 Å². The van der Waals surface area contributed by atoms with Crippen LogP contribution in [0.5, 0.6) is 0 Å². The van der Waals surface area contributed by atoms with Crippen LogP contribution in [-0.4, -0.2) is 24.3 Å². The number of fused-ring (bicyclic) bond motifs is 1. The second-order valence-corrected chi connectivity index (χ2v) is 7.43. The van der Waals surface area contributed by atoms with Gasteiger partial charge < -0.3 is 10.1 Å². The van der Waals surface area contributed by atoms with Crippen molar-refractivity contribution in [2.75, 3.05) is 7.11 Å². The smallest absolute Gasteiger partial charge is 0.234 e. The van der Waals surface area contributed by atoms with E-state index in [0.29, 0.717) is 15.8 Å². The monoisotopic (exact) mass is 343 g/mol. The number of thioether (sulfide) groups is 1. The average molecular weight is 344 g/mol. The molecule has 0 radical (unpaired) electrons. The van der Waals surface area contributed by atoms with Crippen LogP contribution in [0.2, 0.25) is 0 Å². The highest BCUT2D eigenvalue weighted by Crippen LogP contribution is 2.42. The number of hydrogen-bond acceptors (Lipinski definition) is 3. The highest BCUT2D eigenvalue weighted by atomic mass is 35.5. The molecule has 3 rings (SSSR count). The van der Waals surface area contributed by atoms with Crippen molar-refractivity contribution in [3.05, 3.63) is 44.8 Å². The first-order valence-electron chi connectivity index (χ1n) is 6.72. The van der Waals surface area contributed by atoms with Crippen molar-refractivity contribution in [2.45, 2.75) is 30.2 Å². The number of halogens is 2. The number of hydrogen-bond donors (Lipinski definition) is 1. The van der Waals surface area contributed by atoms with Gasteiger partial charge in [-0.2, -0.15) is 0 Å². The predicted octanol–water partition coefficient (Wildman–Crippen LogP) is 3.57. The van der Waals surface area contributed by atoms with Gasteiger partial charge in [-0.25, -0.2) is 0 Å². The molecular formula is C15H15Cl2NO2S. The van der Waals surface area contributed by atoms with E-state index in [9.17, 15) is 4.79 Å². The Morgan fingerprint density at radius 1 is 1.33 bits per heavy atom. The zero-order valence-corrected chi connectivity index (χ0v) is 13.8. The van der Waals surface area contributed by atoms with Gasteiger partial charge in [0, 0.05) is 18.6 Å². The molecular weight excluding hydrogens is 329 g/mol. The fraction of sp³-hybridized carbons (Fsp3) is 0.400. The number of benzene rings is 1. The number of amides is 1. The van der Waals surface area contributed by atoms with E-state index in [1.165, 1.54) is 17.3 Å². The summed E-state index contributed by atoms with van der Waals surface area (Å²) in [5.41, 5.74) is 2.38. The highest BCUT2D eigenvalue weighted by Gasteiger charge is 2.36. The first-order chi connectivity index (χ1) is 10.1. The summed E-state index contributed by atoms with van der Waals surface area (Å²) in [5, 5.41) is 3.41. The number of allylic oxidation sites excluding steroid dienone is 1. The van der Waals surface area contributed by atoms with E-state index in [1.54, 1.807) is 7.11 Å². The van der Waals surface area contributed by atoms with Gasteiger partial charge in [0.05, 0.1) is 15.7 Å². The zero-order valence-electron chi connectivity index (χ0n) is 11.4. The molecule has 1 aliphatic heterocycles. The van der Waals surface area contributed by atoms with E-state index in [4.69, 9.17) is 27.9 Å². The van der Waals surface area contributed by atoms with E-state index >= 15 is 0 Å². The van der Waals surface area contributed by atoms with Gasteiger partial charge in [0.1, 0.15) is 6.10 Å². The molecule has 3 atom stereocenters. The summed E-state index contributed by atoms with van der Waals surface area (Å²) < 4.78 is 6.09. The molecule has 0 spiro atoms. The number of carbonyl (C=O) groups is 1. The summed E-state index contributed by atoms with van der Waals surface area (Å²) in [6.07, 6.45) is 1.18. The molecule has 1 aliphatic carbocycles. The third-order valence-corrected chi connectivity index (χ3v) is 6.03. The lowest BCUT2D eigenvalue weighted by molar-refractivity contribution is -0.122. The Bertz CT molecular complexity index is 591. The molecule has 1 amide bonds. The molecule has 21 heavy (non-hydrogen) atoms. The first kappa shape index (κ1) is 15.2. The summed E-state index contributed by atoms with van der Waals surface area (Å²) in [5.74, 6) is -0.0337. The number of rotatable bonds is 3. The molecule has 0 saturated carbocycles. The van der Waals surface area contributed by atoms with Crippen LogP contribution in [0, 0.1) is 0 Å². The van der Waals surface area contributed by atoms with Crippen molar-refractivity contribution in [1.82, 2.24) is 5.32 Å². The normalized spacial score (nSPS) is 27.9. The summed E-state index contributed by atoms with van der Waals surface area (Å²) in [4.78, 5) is 12.4. The van der Waals surface area contributed by atoms with E-state index in [2.05, 4.69) is 17.4 Å². The van der Waals surface area contributed by atoms with Gasteiger partial charge in [-0.3, -0.25) is 4.79 Å². The second-order valence-electron chi connectivity index (χ2n) is 5.16. The predicted molar refractivity (Wildman–Crippen MR) is 86.6 cm³/mol. The topological polar surface area (TPSA) is 38.3 Å². The maximum absolute atomic E-state index is 12.4. The van der Waals surface area contributed by atoms with Crippen LogP contribution in [0.3, 0.4) is 0 Å². The van der Waals surface area contributed by atoms with Gasteiger partial charge in [0.15, 0.2) is 0 Å². The minimum atomic E-state index is -0.244. The van der Waals surface area contributed by atoms with Crippen LogP contribution >= 0.6 is 35.0 Å². The molecule has 0 saturated heterocycles. The van der Waals surface area contributed by atoms with Crippen molar-refractivity contribution in [3.63, 3.8) is 0 Å². The van der Waals surface area contributed by atoms with Crippen molar-refractivity contribution in [2.24, 2.45) is 0 Å². The van der Waals surface area contributed by atoms with Crippen molar-refractivity contribution < 1.29 is 9.53 Å². The zero-order chi connectivity index (χ0) is 15.0. The molecule has 0 fully saturated rings. The summed E-state index contributed by atoms with van der Waals surface area (Å²) in [6.45, 7) is 0. The molecule has 112 valence electrons. The third kappa shape index (κ3) is 2.95. The van der Waals surface area contributed by atoms with Crippen molar-refractivity contribution in [1.29, 1.82) is 0 Å². The summed E-state index contributed by atoms with van der Waals surface area (Å²) in [6, 6.07) is 8.08. The Labute approximate surface area is 138 Å². The molecule has 1 heterocycles. The maximum Gasteiger partial charge on any atom is 0.234 e. The average Bonchev–Trinajstić information content (AvgIpc) is 2.99. The van der Waals surface area contributed by atoms with E-state index in [-0.39, 0.29) is 23.3 Å². The van der Waals surface area contributed by atoms with E-state index < -0.39 is 0 Å². The second kappa shape index (κ2) is 6.21. The lowest BCUT2D eigenvalue weighted by Gasteiger charge is -2.22.